The first kappa shape index (κ1) is 19.2. The Morgan fingerprint density at radius 1 is 0.970 bits per heavy atom. The predicted octanol–water partition coefficient (Wildman–Crippen LogP) is 5.64. The summed E-state index contributed by atoms with van der Waals surface area (Å²) in [5.74, 6) is 0. The van der Waals surface area contributed by atoms with Gasteiger partial charge in [-0.2, -0.15) is 5.10 Å². The maximum atomic E-state index is 5.25. The van der Waals surface area contributed by atoms with Crippen molar-refractivity contribution in [2.75, 3.05) is 5.32 Å². The Kier molecular flexibility index (Phi) is 4.43. The lowest BCUT2D eigenvalue weighted by atomic mass is 10.1. The number of furan rings is 1. The zero-order valence-corrected chi connectivity index (χ0v) is 18.1. The van der Waals surface area contributed by atoms with Gasteiger partial charge >= 0.3 is 0 Å². The van der Waals surface area contributed by atoms with Crippen LogP contribution in [0.2, 0.25) is 0 Å². The summed E-state index contributed by atoms with van der Waals surface area (Å²) < 4.78 is 5.25. The number of nitrogens with one attached hydrogen (secondary N) is 3. The van der Waals surface area contributed by atoms with Crippen LogP contribution >= 0.6 is 0 Å². The third-order valence-corrected chi connectivity index (χ3v) is 5.49. The van der Waals surface area contributed by atoms with E-state index in [4.69, 9.17) is 9.40 Å². The Balaban J connectivity index is 1.45. The maximum Gasteiger partial charge on any atom is 0.135 e. The van der Waals surface area contributed by atoms with E-state index in [1.54, 1.807) is 18.7 Å². The first-order chi connectivity index (χ1) is 16.2. The normalized spacial score (nSPS) is 11.6. The van der Waals surface area contributed by atoms with Crippen molar-refractivity contribution in [1.29, 1.82) is 0 Å². The Morgan fingerprint density at radius 3 is 2.76 bits per heavy atom. The van der Waals surface area contributed by atoms with E-state index in [2.05, 4.69) is 56.4 Å². The molecule has 33 heavy (non-hydrogen) atoms. The third-order valence-electron chi connectivity index (χ3n) is 5.49. The van der Waals surface area contributed by atoms with Gasteiger partial charge in [0, 0.05) is 46.7 Å². The summed E-state index contributed by atoms with van der Waals surface area (Å²) in [5, 5.41) is 12.0. The van der Waals surface area contributed by atoms with Crippen molar-refractivity contribution in [2.24, 2.45) is 0 Å². The van der Waals surface area contributed by atoms with E-state index in [9.17, 15) is 0 Å². The molecule has 0 radical (unpaired) electrons. The molecule has 6 heterocycles. The van der Waals surface area contributed by atoms with Gasteiger partial charge in [-0.3, -0.25) is 15.1 Å². The Morgan fingerprint density at radius 2 is 1.91 bits per heavy atom. The summed E-state index contributed by atoms with van der Waals surface area (Å²) in [6.45, 7) is 4.20. The van der Waals surface area contributed by atoms with Crippen molar-refractivity contribution in [3.05, 3.63) is 67.5 Å². The zero-order chi connectivity index (χ0) is 22.4. The van der Waals surface area contributed by atoms with Gasteiger partial charge < -0.3 is 14.7 Å². The molecule has 0 unspecified atom stereocenters. The Hall–Kier alpha value is -4.46. The molecule has 0 atom stereocenters. The highest BCUT2D eigenvalue weighted by molar-refractivity contribution is 5.99. The molecular weight excluding hydrogens is 414 g/mol. The predicted molar refractivity (Wildman–Crippen MR) is 129 cm³/mol. The summed E-state index contributed by atoms with van der Waals surface area (Å²) in [6, 6.07) is 12.3. The molecule has 0 bridgehead atoms. The van der Waals surface area contributed by atoms with Gasteiger partial charge in [0.25, 0.3) is 0 Å². The number of hydrogen-bond donors (Lipinski definition) is 3. The fourth-order valence-corrected chi connectivity index (χ4v) is 4.05. The monoisotopic (exact) mass is 435 g/mol. The van der Waals surface area contributed by atoms with Crippen molar-refractivity contribution in [3.63, 3.8) is 0 Å². The van der Waals surface area contributed by atoms with Crippen molar-refractivity contribution in [3.8, 4) is 33.9 Å². The minimum atomic E-state index is 0.321. The quantitative estimate of drug-likeness (QED) is 0.323. The minimum Gasteiger partial charge on any atom is -0.472 e. The minimum absolute atomic E-state index is 0.321. The summed E-state index contributed by atoms with van der Waals surface area (Å²) in [4.78, 5) is 17.3. The highest BCUT2D eigenvalue weighted by Crippen LogP contribution is 2.33. The van der Waals surface area contributed by atoms with Gasteiger partial charge in [0.05, 0.1) is 40.8 Å². The smallest absolute Gasteiger partial charge is 0.135 e. The van der Waals surface area contributed by atoms with Crippen LogP contribution in [0.5, 0.6) is 0 Å². The first-order valence-electron chi connectivity index (χ1n) is 10.7. The van der Waals surface area contributed by atoms with E-state index >= 15 is 0 Å². The zero-order valence-electron chi connectivity index (χ0n) is 18.1. The summed E-state index contributed by atoms with van der Waals surface area (Å²) in [5.41, 5.74) is 8.78. The van der Waals surface area contributed by atoms with Gasteiger partial charge in [0.15, 0.2) is 0 Å². The van der Waals surface area contributed by atoms with Crippen LogP contribution in [-0.4, -0.2) is 36.2 Å². The maximum absolute atomic E-state index is 5.25. The van der Waals surface area contributed by atoms with E-state index < -0.39 is 0 Å². The van der Waals surface area contributed by atoms with E-state index in [0.29, 0.717) is 6.04 Å². The SMILES string of the molecule is CC(C)Nc1cncc(-c2ccc3[nH]nc(-c4cc5c(-c6ccoc6)nccc5[nH]4)c3n2)c1. The number of aromatic amines is 2. The van der Waals surface area contributed by atoms with E-state index in [1.807, 2.05) is 36.7 Å². The van der Waals surface area contributed by atoms with Crippen molar-refractivity contribution < 1.29 is 4.42 Å². The van der Waals surface area contributed by atoms with Crippen LogP contribution in [-0.2, 0) is 0 Å². The highest BCUT2D eigenvalue weighted by Gasteiger charge is 2.16. The average molecular weight is 435 g/mol. The summed E-state index contributed by atoms with van der Waals surface area (Å²) >= 11 is 0. The first-order valence-corrected chi connectivity index (χ1v) is 10.7. The van der Waals surface area contributed by atoms with Gasteiger partial charge in [0.2, 0.25) is 0 Å². The third kappa shape index (κ3) is 3.41. The molecular formula is C25H21N7O. The number of anilines is 1. The number of pyridine rings is 3. The molecule has 6 rings (SSSR count). The van der Waals surface area contributed by atoms with Crippen LogP contribution in [0, 0.1) is 0 Å². The lowest BCUT2D eigenvalue weighted by molar-refractivity contribution is 0.568. The van der Waals surface area contributed by atoms with Crippen LogP contribution < -0.4 is 5.32 Å². The van der Waals surface area contributed by atoms with Crippen LogP contribution in [0.15, 0.2) is 71.9 Å². The molecule has 8 heteroatoms. The molecule has 6 aromatic rings. The topological polar surface area (TPSA) is 108 Å². The molecule has 0 aromatic carbocycles. The summed E-state index contributed by atoms with van der Waals surface area (Å²) in [6.07, 6.45) is 8.78. The van der Waals surface area contributed by atoms with Gasteiger partial charge in [0.1, 0.15) is 11.2 Å². The second-order valence-corrected chi connectivity index (χ2v) is 8.24. The van der Waals surface area contributed by atoms with Gasteiger partial charge in [-0.05, 0) is 50.2 Å². The molecule has 0 spiro atoms. The Labute approximate surface area is 189 Å². The lowest BCUT2D eigenvalue weighted by Crippen LogP contribution is -2.09. The molecule has 0 aliphatic rings. The largest absolute Gasteiger partial charge is 0.472 e. The van der Waals surface area contributed by atoms with Crippen molar-refractivity contribution in [1.82, 2.24) is 30.1 Å². The number of rotatable bonds is 5. The molecule has 0 amide bonds. The lowest BCUT2D eigenvalue weighted by Gasteiger charge is -2.10. The molecule has 0 saturated heterocycles. The molecule has 6 aromatic heterocycles. The van der Waals surface area contributed by atoms with Crippen LogP contribution in [0.4, 0.5) is 5.69 Å². The number of hydrogen-bond acceptors (Lipinski definition) is 6. The highest BCUT2D eigenvalue weighted by atomic mass is 16.3. The average Bonchev–Trinajstić information content (AvgIpc) is 3.57. The van der Waals surface area contributed by atoms with Crippen LogP contribution in [0.3, 0.4) is 0 Å². The second-order valence-electron chi connectivity index (χ2n) is 8.24. The van der Waals surface area contributed by atoms with E-state index in [-0.39, 0.29) is 0 Å². The van der Waals surface area contributed by atoms with Gasteiger partial charge in [-0.1, -0.05) is 0 Å². The number of fused-ring (bicyclic) bond motifs is 2. The van der Waals surface area contributed by atoms with Crippen LogP contribution in [0.25, 0.3) is 55.8 Å². The van der Waals surface area contributed by atoms with Gasteiger partial charge in [-0.15, -0.1) is 0 Å². The van der Waals surface area contributed by atoms with E-state index in [0.717, 1.165) is 61.5 Å². The van der Waals surface area contributed by atoms with Crippen molar-refractivity contribution >= 4 is 27.6 Å². The van der Waals surface area contributed by atoms with Crippen LogP contribution in [0.1, 0.15) is 13.8 Å². The molecule has 3 N–H and O–H groups in total. The second kappa shape index (κ2) is 7.59. The molecule has 0 aliphatic carbocycles. The molecule has 8 nitrogen and oxygen atoms in total. The number of aromatic nitrogens is 6. The fraction of sp³-hybridized carbons (Fsp3) is 0.120. The molecule has 0 fully saturated rings. The Bertz CT molecular complexity index is 1580. The van der Waals surface area contributed by atoms with Crippen molar-refractivity contribution in [2.45, 2.75) is 19.9 Å². The molecule has 0 aliphatic heterocycles. The number of H-pyrrole nitrogens is 2. The molecule has 0 saturated carbocycles. The van der Waals surface area contributed by atoms with E-state index in [1.165, 1.54) is 0 Å². The van der Waals surface area contributed by atoms with Gasteiger partial charge in [-0.25, -0.2) is 4.98 Å². The fourth-order valence-electron chi connectivity index (χ4n) is 4.05. The number of nitrogens with zero attached hydrogens (tertiary/aromatic N) is 4. The standard InChI is InChI=1S/C25H21N7O/c1-14(2)28-17-9-16(11-26-12-17)19-3-4-21-24(30-19)25(32-31-21)22-10-18-20(29-22)5-7-27-23(18)15-6-8-33-13-15/h3-14,28-29H,1-2H3,(H,31,32). The molecule has 162 valence electrons. The summed E-state index contributed by atoms with van der Waals surface area (Å²) in [7, 11) is 0.